The van der Waals surface area contributed by atoms with Gasteiger partial charge in [-0.05, 0) is 0 Å². The van der Waals surface area contributed by atoms with Crippen molar-refractivity contribution in [2.75, 3.05) is 5.88 Å². The molecule has 0 unspecified atom stereocenters. The van der Waals surface area contributed by atoms with Gasteiger partial charge in [-0.1, -0.05) is 0 Å². The summed E-state index contributed by atoms with van der Waals surface area (Å²) in [5.41, 5.74) is 8.91. The van der Waals surface area contributed by atoms with E-state index in [0.29, 0.717) is 5.88 Å². The summed E-state index contributed by atoms with van der Waals surface area (Å²) in [6.07, 6.45) is 0. The second-order valence-electron chi connectivity index (χ2n) is 0.167. The maximum absolute atomic E-state index is 4.66. The minimum Gasteiger partial charge on any atom is -0.778 e. The van der Waals surface area contributed by atoms with Gasteiger partial charge in [0.15, 0.2) is 0 Å². The molecule has 0 heterocycles. The smallest absolute Gasteiger partial charge is 0.778 e. The zero-order valence-corrected chi connectivity index (χ0v) is 7.21. The van der Waals surface area contributed by atoms with Gasteiger partial charge in [-0.25, -0.2) is 0 Å². The summed E-state index contributed by atoms with van der Waals surface area (Å²) in [6, 6.07) is 0. The van der Waals surface area contributed by atoms with Crippen molar-refractivity contribution in [3.63, 3.8) is 0 Å². The topological polar surface area (TPSA) is 52.0 Å². The van der Waals surface area contributed by atoms with Crippen LogP contribution < -0.4 is 11.5 Å². The third-order valence-electron chi connectivity index (χ3n) is 0. The normalized spacial score (nSPS) is 4.00. The molecule has 0 atom stereocenters. The van der Waals surface area contributed by atoms with Crippen LogP contribution in [0.1, 0.15) is 0 Å². The molecule has 0 spiro atoms. The van der Waals surface area contributed by atoms with Crippen LogP contribution in [0.5, 0.6) is 0 Å². The van der Waals surface area contributed by atoms with Gasteiger partial charge in [0.05, 0.1) is 0 Å². The molecule has 0 saturated carbocycles. The first kappa shape index (κ1) is 15.7. The first-order valence-electron chi connectivity index (χ1n) is 1.11. The maximum atomic E-state index is 4.66. The molecule has 0 rings (SSSR count). The Kier molecular flexibility index (Phi) is 85.2. The van der Waals surface area contributed by atoms with E-state index in [0.717, 1.165) is 0 Å². The first-order valence-corrected chi connectivity index (χ1v) is 1.68. The first-order chi connectivity index (χ1) is 2.41. The molecule has 0 aliphatic carbocycles. The Balaban J connectivity index is -0.0000000275. The summed E-state index contributed by atoms with van der Waals surface area (Å²) in [5.74, 6) is 0.333. The van der Waals surface area contributed by atoms with Gasteiger partial charge < -0.3 is 24.1 Å². The Hall–Kier alpha value is 1.37. The Bertz CT molecular complexity index is 11.5. The van der Waals surface area contributed by atoms with Crippen molar-refractivity contribution in [3.05, 3.63) is 7.05 Å². The molecule has 0 bridgehead atoms. The van der Waals surface area contributed by atoms with E-state index in [1.807, 2.05) is 0 Å². The SMILES string of the molecule is NC[S-].[CH2-]N.[Y+3]. The maximum Gasteiger partial charge on any atom is 3.00 e. The van der Waals surface area contributed by atoms with E-state index in [1.165, 1.54) is 0 Å². The predicted molar refractivity (Wildman–Crippen MR) is 26.0 cm³/mol. The molecule has 0 radical (unpaired) electrons. The van der Waals surface area contributed by atoms with E-state index in [9.17, 15) is 0 Å². The number of nitrogens with two attached hydrogens (primary N) is 2. The van der Waals surface area contributed by atoms with Gasteiger partial charge in [-0.3, -0.25) is 7.05 Å². The minimum absolute atomic E-state index is 0. The van der Waals surface area contributed by atoms with Crippen LogP contribution >= 0.6 is 0 Å². The molecule has 0 saturated heterocycles. The van der Waals surface area contributed by atoms with E-state index in [4.69, 9.17) is 0 Å². The Morgan fingerprint density at radius 2 is 1.50 bits per heavy atom. The Labute approximate surface area is 69.3 Å². The monoisotopic (exact) mass is 181 g/mol. The van der Waals surface area contributed by atoms with Crippen LogP contribution in [0, 0.1) is 7.05 Å². The summed E-state index contributed by atoms with van der Waals surface area (Å²) < 4.78 is 0. The van der Waals surface area contributed by atoms with E-state index < -0.39 is 0 Å². The van der Waals surface area contributed by atoms with Crippen LogP contribution in [0.3, 0.4) is 0 Å². The quantitative estimate of drug-likeness (QED) is 0.379. The van der Waals surface area contributed by atoms with Crippen molar-refractivity contribution < 1.29 is 32.7 Å². The summed E-state index contributed by atoms with van der Waals surface area (Å²) in [5, 5.41) is 0. The van der Waals surface area contributed by atoms with Gasteiger partial charge in [-0.15, -0.1) is 5.88 Å². The van der Waals surface area contributed by atoms with E-state index in [-0.39, 0.29) is 32.7 Å². The Morgan fingerprint density at radius 3 is 1.50 bits per heavy atom. The van der Waals surface area contributed by atoms with Crippen molar-refractivity contribution in [3.8, 4) is 0 Å². The third kappa shape index (κ3) is 54.5. The zero-order chi connectivity index (χ0) is 4.71. The average molecular weight is 181 g/mol. The fraction of sp³-hybridized carbons (Fsp3) is 0.500. The van der Waals surface area contributed by atoms with Crippen LogP contribution in [0.4, 0.5) is 0 Å². The summed E-state index contributed by atoms with van der Waals surface area (Å²) in [7, 11) is 2.75. The fourth-order valence-corrected chi connectivity index (χ4v) is 0. The molecule has 6 heavy (non-hydrogen) atoms. The van der Waals surface area contributed by atoms with Crippen molar-refractivity contribution in [1.29, 1.82) is 0 Å². The molecule has 0 aliphatic heterocycles. The van der Waals surface area contributed by atoms with Crippen LogP contribution in [0.2, 0.25) is 0 Å². The van der Waals surface area contributed by atoms with Crippen LogP contribution in [-0.2, 0) is 45.3 Å². The van der Waals surface area contributed by atoms with Crippen LogP contribution in [-0.4, -0.2) is 5.88 Å². The number of hydrogen-bond donors (Lipinski definition) is 2. The molecule has 0 fully saturated rings. The largest absolute Gasteiger partial charge is 3.00 e. The summed E-state index contributed by atoms with van der Waals surface area (Å²) in [4.78, 5) is 0. The van der Waals surface area contributed by atoms with Crippen LogP contribution in [0.15, 0.2) is 0 Å². The second-order valence-corrected chi connectivity index (χ2v) is 0.500. The average Bonchev–Trinajstić information content (AvgIpc) is 1.46. The van der Waals surface area contributed by atoms with Gasteiger partial charge in [0.25, 0.3) is 0 Å². The standard InChI is InChI=1S/CH5NS.CH4N.Y/c2-1-3;1-2;/h3H,1-2H2;1-2H2;/q;-1;+3/p-1. The Morgan fingerprint density at radius 1 is 1.50 bits per heavy atom. The molecule has 34 valence electrons. The van der Waals surface area contributed by atoms with Crippen molar-refractivity contribution in [2.45, 2.75) is 0 Å². The fourth-order valence-electron chi connectivity index (χ4n) is 0. The van der Waals surface area contributed by atoms with E-state index in [1.54, 1.807) is 0 Å². The van der Waals surface area contributed by atoms with Crippen molar-refractivity contribution in [2.24, 2.45) is 11.5 Å². The molecule has 0 aromatic rings. The van der Waals surface area contributed by atoms with Crippen LogP contribution in [0.25, 0.3) is 0 Å². The van der Waals surface area contributed by atoms with E-state index >= 15 is 0 Å². The molecule has 2 nitrogen and oxygen atoms in total. The second kappa shape index (κ2) is 32.7. The summed E-state index contributed by atoms with van der Waals surface area (Å²) in [6.45, 7) is 0. The predicted octanol–water partition coefficient (Wildman–Crippen LogP) is -0.816. The molecular weight excluding hydrogens is 173 g/mol. The molecule has 0 aromatic carbocycles. The van der Waals surface area contributed by atoms with Gasteiger partial charge in [0.1, 0.15) is 0 Å². The zero-order valence-electron chi connectivity index (χ0n) is 3.55. The molecule has 0 aliphatic rings. The van der Waals surface area contributed by atoms with Gasteiger partial charge >= 0.3 is 32.7 Å². The minimum atomic E-state index is 0. The molecule has 4 heteroatoms. The number of hydrogen-bond acceptors (Lipinski definition) is 3. The van der Waals surface area contributed by atoms with Gasteiger partial charge in [-0.2, -0.15) is 0 Å². The number of rotatable bonds is 0. The molecule has 0 aromatic heterocycles. The van der Waals surface area contributed by atoms with E-state index in [2.05, 4.69) is 31.1 Å². The van der Waals surface area contributed by atoms with Crippen molar-refractivity contribution in [1.82, 2.24) is 0 Å². The molecule has 0 amide bonds. The third-order valence-corrected chi connectivity index (χ3v) is 0. The van der Waals surface area contributed by atoms with Crippen molar-refractivity contribution >= 4 is 12.6 Å². The van der Waals surface area contributed by atoms with Gasteiger partial charge in [0, 0.05) is 0 Å². The van der Waals surface area contributed by atoms with Gasteiger partial charge in [0.2, 0.25) is 0 Å². The molecular formula is C2H8N2SY+. The molecule has 4 N–H and O–H groups in total. The summed E-state index contributed by atoms with van der Waals surface area (Å²) >= 11 is 4.17.